The zero-order valence-corrected chi connectivity index (χ0v) is 17.6. The van der Waals surface area contributed by atoms with Gasteiger partial charge in [-0.3, -0.25) is 9.80 Å². The molecule has 1 unspecified atom stereocenters. The minimum atomic E-state index is -0.295. The van der Waals surface area contributed by atoms with Crippen LogP contribution in [0.5, 0.6) is 0 Å². The Bertz CT molecular complexity index is 896. The smallest absolute Gasteiger partial charge is 0.410 e. The Balaban J connectivity index is 1.36. The SMILES string of the molecule is C=CC(=C)C1CN(Cc2ccc(-c3ccc(CN4CCCCC4)cc3)cc2)C(=O)O1. The first kappa shape index (κ1) is 20.4. The molecule has 2 aliphatic rings. The Morgan fingerprint density at radius 2 is 1.50 bits per heavy atom. The highest BCUT2D eigenvalue weighted by Gasteiger charge is 2.31. The van der Waals surface area contributed by atoms with Crippen LogP contribution in [0.2, 0.25) is 0 Å². The molecule has 0 aliphatic carbocycles. The van der Waals surface area contributed by atoms with Crippen molar-refractivity contribution in [1.82, 2.24) is 9.80 Å². The highest BCUT2D eigenvalue weighted by atomic mass is 16.6. The largest absolute Gasteiger partial charge is 0.439 e. The number of ether oxygens (including phenoxy) is 1. The number of nitrogens with zero attached hydrogens (tertiary/aromatic N) is 2. The van der Waals surface area contributed by atoms with Gasteiger partial charge in [0.25, 0.3) is 0 Å². The van der Waals surface area contributed by atoms with Gasteiger partial charge in [-0.2, -0.15) is 0 Å². The lowest BCUT2D eigenvalue weighted by Crippen LogP contribution is -2.28. The number of hydrogen-bond acceptors (Lipinski definition) is 3. The van der Waals surface area contributed by atoms with Crippen molar-refractivity contribution in [3.8, 4) is 11.1 Å². The van der Waals surface area contributed by atoms with Gasteiger partial charge in [0.05, 0.1) is 6.54 Å². The van der Waals surface area contributed by atoms with Crippen LogP contribution in [0.4, 0.5) is 4.79 Å². The van der Waals surface area contributed by atoms with Crippen molar-refractivity contribution < 1.29 is 9.53 Å². The standard InChI is InChI=1S/C26H30N2O2/c1-3-20(2)25-19-28(26(29)30-25)18-22-9-13-24(14-10-22)23-11-7-21(8-12-23)17-27-15-5-4-6-16-27/h3,7-14,25H,1-2,4-6,15-19H2. The van der Waals surface area contributed by atoms with Gasteiger partial charge in [0, 0.05) is 13.1 Å². The first-order valence-electron chi connectivity index (χ1n) is 10.8. The van der Waals surface area contributed by atoms with E-state index < -0.39 is 0 Å². The topological polar surface area (TPSA) is 32.8 Å². The molecule has 0 saturated carbocycles. The van der Waals surface area contributed by atoms with E-state index in [4.69, 9.17) is 4.74 Å². The number of amides is 1. The number of rotatable bonds is 7. The molecule has 0 aromatic heterocycles. The molecule has 2 aromatic rings. The molecule has 2 aliphatic heterocycles. The average molecular weight is 403 g/mol. The molecule has 2 heterocycles. The van der Waals surface area contributed by atoms with Gasteiger partial charge in [-0.15, -0.1) is 0 Å². The van der Waals surface area contributed by atoms with Crippen LogP contribution in [-0.4, -0.2) is 41.6 Å². The van der Waals surface area contributed by atoms with Gasteiger partial charge in [-0.1, -0.05) is 74.2 Å². The molecule has 156 valence electrons. The van der Waals surface area contributed by atoms with Gasteiger partial charge in [0.2, 0.25) is 0 Å². The van der Waals surface area contributed by atoms with E-state index in [1.165, 1.54) is 49.0 Å². The van der Waals surface area contributed by atoms with Crippen molar-refractivity contribution in [1.29, 1.82) is 0 Å². The Morgan fingerprint density at radius 1 is 0.933 bits per heavy atom. The van der Waals surface area contributed by atoms with Crippen molar-refractivity contribution in [2.24, 2.45) is 0 Å². The first-order chi connectivity index (χ1) is 14.6. The van der Waals surface area contributed by atoms with Crippen LogP contribution in [0.1, 0.15) is 30.4 Å². The van der Waals surface area contributed by atoms with Gasteiger partial charge in [-0.25, -0.2) is 4.79 Å². The van der Waals surface area contributed by atoms with Gasteiger partial charge in [0.1, 0.15) is 6.10 Å². The van der Waals surface area contributed by atoms with Gasteiger partial charge in [0.15, 0.2) is 0 Å². The summed E-state index contributed by atoms with van der Waals surface area (Å²) in [7, 11) is 0. The Morgan fingerprint density at radius 3 is 2.07 bits per heavy atom. The van der Waals surface area contributed by atoms with Crippen molar-refractivity contribution in [2.75, 3.05) is 19.6 Å². The predicted octanol–water partition coefficient (Wildman–Crippen LogP) is 5.40. The molecule has 2 saturated heterocycles. The van der Waals surface area contributed by atoms with Crippen LogP contribution in [0.15, 0.2) is 73.3 Å². The van der Waals surface area contributed by atoms with Crippen LogP contribution < -0.4 is 0 Å². The van der Waals surface area contributed by atoms with Crippen molar-refractivity contribution in [3.05, 3.63) is 84.5 Å². The summed E-state index contributed by atoms with van der Waals surface area (Å²) in [5.74, 6) is 0. The number of cyclic esters (lactones) is 1. The molecule has 0 bridgehead atoms. The van der Waals surface area contributed by atoms with E-state index in [-0.39, 0.29) is 12.2 Å². The van der Waals surface area contributed by atoms with Crippen molar-refractivity contribution >= 4 is 6.09 Å². The quantitative estimate of drug-likeness (QED) is 0.581. The second kappa shape index (κ2) is 9.31. The molecule has 1 amide bonds. The second-order valence-corrected chi connectivity index (χ2v) is 8.26. The Labute approximate surface area is 179 Å². The third kappa shape index (κ3) is 4.82. The van der Waals surface area contributed by atoms with Crippen LogP contribution in [0.3, 0.4) is 0 Å². The van der Waals surface area contributed by atoms with Crippen LogP contribution >= 0.6 is 0 Å². The molecule has 2 fully saturated rings. The summed E-state index contributed by atoms with van der Waals surface area (Å²) in [5.41, 5.74) is 5.60. The monoisotopic (exact) mass is 402 g/mol. The zero-order valence-electron chi connectivity index (χ0n) is 17.6. The fourth-order valence-corrected chi connectivity index (χ4v) is 4.16. The predicted molar refractivity (Wildman–Crippen MR) is 121 cm³/mol. The average Bonchev–Trinajstić information content (AvgIpc) is 3.15. The third-order valence-corrected chi connectivity index (χ3v) is 6.03. The molecular formula is C26H30N2O2. The van der Waals surface area contributed by atoms with Crippen molar-refractivity contribution in [2.45, 2.75) is 38.5 Å². The van der Waals surface area contributed by atoms with Crippen LogP contribution in [0, 0.1) is 0 Å². The van der Waals surface area contributed by atoms with Crippen LogP contribution in [0.25, 0.3) is 11.1 Å². The lowest BCUT2D eigenvalue weighted by atomic mass is 10.0. The van der Waals surface area contributed by atoms with Gasteiger partial charge >= 0.3 is 6.09 Å². The molecule has 0 radical (unpaired) electrons. The zero-order chi connectivity index (χ0) is 20.9. The molecule has 4 heteroatoms. The lowest BCUT2D eigenvalue weighted by Gasteiger charge is -2.26. The van der Waals surface area contributed by atoms with E-state index in [1.807, 2.05) is 0 Å². The van der Waals surface area contributed by atoms with Crippen molar-refractivity contribution in [3.63, 3.8) is 0 Å². The molecule has 2 aromatic carbocycles. The summed E-state index contributed by atoms with van der Waals surface area (Å²) < 4.78 is 5.37. The highest BCUT2D eigenvalue weighted by Crippen LogP contribution is 2.24. The fraction of sp³-hybridized carbons (Fsp3) is 0.346. The number of likely N-dealkylation sites (tertiary alicyclic amines) is 1. The highest BCUT2D eigenvalue weighted by molar-refractivity contribution is 5.71. The summed E-state index contributed by atoms with van der Waals surface area (Å²) in [4.78, 5) is 16.4. The maximum absolute atomic E-state index is 12.1. The maximum Gasteiger partial charge on any atom is 0.410 e. The number of carbonyl (C=O) groups is 1. The summed E-state index contributed by atoms with van der Waals surface area (Å²) in [6.45, 7) is 12.1. The summed E-state index contributed by atoms with van der Waals surface area (Å²) in [6.07, 6.45) is 5.07. The number of benzene rings is 2. The molecule has 1 atom stereocenters. The maximum atomic E-state index is 12.1. The lowest BCUT2D eigenvalue weighted by molar-refractivity contribution is 0.143. The van der Waals surface area contributed by atoms with E-state index in [9.17, 15) is 4.79 Å². The van der Waals surface area contributed by atoms with E-state index in [1.54, 1.807) is 11.0 Å². The van der Waals surface area contributed by atoms with Gasteiger partial charge in [-0.05, 0) is 53.8 Å². The van der Waals surface area contributed by atoms with E-state index in [0.717, 1.165) is 17.7 Å². The molecule has 30 heavy (non-hydrogen) atoms. The Hall–Kier alpha value is -2.85. The van der Waals surface area contributed by atoms with E-state index in [2.05, 4.69) is 66.6 Å². The minimum absolute atomic E-state index is 0.294. The molecule has 0 spiro atoms. The molecule has 4 rings (SSSR count). The molecule has 4 nitrogen and oxygen atoms in total. The summed E-state index contributed by atoms with van der Waals surface area (Å²) in [5, 5.41) is 0. The number of piperidine rings is 1. The minimum Gasteiger partial charge on any atom is -0.439 e. The first-order valence-corrected chi connectivity index (χ1v) is 10.8. The van der Waals surface area contributed by atoms with Crippen LogP contribution in [-0.2, 0) is 17.8 Å². The number of carbonyl (C=O) groups excluding carboxylic acids is 1. The fourth-order valence-electron chi connectivity index (χ4n) is 4.16. The Kier molecular flexibility index (Phi) is 6.34. The van der Waals surface area contributed by atoms with Gasteiger partial charge < -0.3 is 4.74 Å². The second-order valence-electron chi connectivity index (χ2n) is 8.26. The van der Waals surface area contributed by atoms with E-state index in [0.29, 0.717) is 13.1 Å². The molecular weight excluding hydrogens is 372 g/mol. The normalized spacial score (nSPS) is 19.5. The molecule has 0 N–H and O–H groups in total. The number of hydrogen-bond donors (Lipinski definition) is 0. The third-order valence-electron chi connectivity index (χ3n) is 6.03. The van der Waals surface area contributed by atoms with E-state index >= 15 is 0 Å². The summed E-state index contributed by atoms with van der Waals surface area (Å²) in [6, 6.07) is 17.3. The summed E-state index contributed by atoms with van der Waals surface area (Å²) >= 11 is 0.